The highest BCUT2D eigenvalue weighted by Crippen LogP contribution is 2.35. The van der Waals surface area contributed by atoms with Crippen LogP contribution in [0.4, 0.5) is 5.69 Å². The fourth-order valence-electron chi connectivity index (χ4n) is 1.76. The number of amides is 2. The summed E-state index contributed by atoms with van der Waals surface area (Å²) in [7, 11) is 0. The summed E-state index contributed by atoms with van der Waals surface area (Å²) in [6.45, 7) is 2.97. The Labute approximate surface area is 128 Å². The van der Waals surface area contributed by atoms with E-state index in [9.17, 15) is 9.59 Å². The molecule has 0 saturated heterocycles. The lowest BCUT2D eigenvalue weighted by Crippen LogP contribution is -2.28. The highest BCUT2D eigenvalue weighted by Gasteiger charge is 2.23. The first-order valence-corrected chi connectivity index (χ1v) is 7.09. The lowest BCUT2D eigenvalue weighted by atomic mass is 10.1. The van der Waals surface area contributed by atoms with Gasteiger partial charge in [-0.2, -0.15) is 0 Å². The molecule has 1 unspecified atom stereocenters. The van der Waals surface area contributed by atoms with Gasteiger partial charge in [0.25, 0.3) is 5.91 Å². The SMILES string of the molecule is CC1Sc2ccc(C(=O)NCCCN)cc2NC1=O.Cl. The lowest BCUT2D eigenvalue weighted by Gasteiger charge is -2.21. The van der Waals surface area contributed by atoms with Gasteiger partial charge in [-0.15, -0.1) is 24.2 Å². The number of nitrogens with one attached hydrogen (secondary N) is 2. The summed E-state index contributed by atoms with van der Waals surface area (Å²) in [5, 5.41) is 5.50. The van der Waals surface area contributed by atoms with E-state index in [0.717, 1.165) is 11.3 Å². The highest BCUT2D eigenvalue weighted by molar-refractivity contribution is 8.00. The summed E-state index contributed by atoms with van der Waals surface area (Å²) in [5.74, 6) is -0.174. The van der Waals surface area contributed by atoms with Crippen LogP contribution in [0.25, 0.3) is 0 Å². The first kappa shape index (κ1) is 16.8. The van der Waals surface area contributed by atoms with E-state index in [-0.39, 0.29) is 29.5 Å². The van der Waals surface area contributed by atoms with E-state index in [0.29, 0.717) is 24.3 Å². The Hall–Kier alpha value is -1.24. The fourth-order valence-corrected chi connectivity index (χ4v) is 2.69. The number of hydrogen-bond donors (Lipinski definition) is 3. The zero-order valence-corrected chi connectivity index (χ0v) is 12.8. The standard InChI is InChI=1S/C13H17N3O2S.ClH/c1-8-12(17)16-10-7-9(3-4-11(10)19-8)13(18)15-6-2-5-14;/h3-4,7-8H,2,5-6,14H2,1H3,(H,15,18)(H,16,17);1H. The van der Waals surface area contributed by atoms with Crippen molar-refractivity contribution >= 4 is 41.7 Å². The van der Waals surface area contributed by atoms with Gasteiger partial charge in [0.15, 0.2) is 0 Å². The van der Waals surface area contributed by atoms with Gasteiger partial charge in [-0.25, -0.2) is 0 Å². The molecule has 7 heteroatoms. The van der Waals surface area contributed by atoms with Gasteiger partial charge in [-0.05, 0) is 38.1 Å². The largest absolute Gasteiger partial charge is 0.352 e. The normalized spacial score (nSPS) is 16.7. The van der Waals surface area contributed by atoms with Crippen molar-refractivity contribution in [3.63, 3.8) is 0 Å². The predicted molar refractivity (Wildman–Crippen MR) is 83.6 cm³/mol. The minimum atomic E-state index is -0.144. The second-order valence-electron chi connectivity index (χ2n) is 4.36. The van der Waals surface area contributed by atoms with Gasteiger partial charge in [-0.3, -0.25) is 9.59 Å². The zero-order chi connectivity index (χ0) is 13.8. The predicted octanol–water partition coefficient (Wildman–Crippen LogP) is 1.62. The number of carbonyl (C=O) groups is 2. The van der Waals surface area contributed by atoms with Crippen molar-refractivity contribution in [2.45, 2.75) is 23.5 Å². The number of carbonyl (C=O) groups excluding carboxylic acids is 2. The average Bonchev–Trinajstić information content (AvgIpc) is 2.40. The molecule has 1 aromatic carbocycles. The van der Waals surface area contributed by atoms with Gasteiger partial charge >= 0.3 is 0 Å². The van der Waals surface area contributed by atoms with E-state index in [1.54, 1.807) is 12.1 Å². The van der Waals surface area contributed by atoms with Crippen molar-refractivity contribution in [3.8, 4) is 0 Å². The molecule has 1 heterocycles. The van der Waals surface area contributed by atoms with Crippen LogP contribution < -0.4 is 16.4 Å². The molecule has 0 fully saturated rings. The Morgan fingerprint density at radius 3 is 2.95 bits per heavy atom. The number of halogens is 1. The fraction of sp³-hybridized carbons (Fsp3) is 0.385. The van der Waals surface area contributed by atoms with Crippen LogP contribution in [0.3, 0.4) is 0 Å². The van der Waals surface area contributed by atoms with Crippen LogP contribution in [0.5, 0.6) is 0 Å². The Morgan fingerprint density at radius 1 is 1.50 bits per heavy atom. The van der Waals surface area contributed by atoms with E-state index in [1.165, 1.54) is 11.8 Å². The van der Waals surface area contributed by atoms with Gasteiger partial charge in [0.05, 0.1) is 10.9 Å². The Morgan fingerprint density at radius 2 is 2.25 bits per heavy atom. The third-order valence-corrected chi connectivity index (χ3v) is 4.02. The molecule has 1 aliphatic rings. The number of hydrogen-bond acceptors (Lipinski definition) is 4. The van der Waals surface area contributed by atoms with E-state index in [2.05, 4.69) is 10.6 Å². The molecule has 2 rings (SSSR count). The molecular formula is C13H18ClN3O2S. The van der Waals surface area contributed by atoms with Crippen molar-refractivity contribution in [2.24, 2.45) is 5.73 Å². The van der Waals surface area contributed by atoms with Gasteiger partial charge in [0.1, 0.15) is 0 Å². The van der Waals surface area contributed by atoms with Crippen LogP contribution in [0.2, 0.25) is 0 Å². The van der Waals surface area contributed by atoms with Crippen LogP contribution in [0.1, 0.15) is 23.7 Å². The van der Waals surface area contributed by atoms with E-state index < -0.39 is 0 Å². The molecule has 20 heavy (non-hydrogen) atoms. The topological polar surface area (TPSA) is 84.2 Å². The van der Waals surface area contributed by atoms with Crippen LogP contribution in [-0.4, -0.2) is 30.2 Å². The molecule has 5 nitrogen and oxygen atoms in total. The number of thioether (sulfide) groups is 1. The summed E-state index contributed by atoms with van der Waals surface area (Å²) < 4.78 is 0. The van der Waals surface area contributed by atoms with Gasteiger partial charge < -0.3 is 16.4 Å². The Balaban J connectivity index is 0.00000200. The monoisotopic (exact) mass is 315 g/mol. The van der Waals surface area contributed by atoms with Crippen molar-refractivity contribution in [3.05, 3.63) is 23.8 Å². The molecule has 1 aromatic rings. The first-order chi connectivity index (χ1) is 9.11. The molecule has 0 bridgehead atoms. The molecule has 1 atom stereocenters. The minimum Gasteiger partial charge on any atom is -0.352 e. The van der Waals surface area contributed by atoms with Gasteiger partial charge in [0, 0.05) is 17.0 Å². The molecule has 0 aromatic heterocycles. The maximum Gasteiger partial charge on any atom is 0.251 e. The van der Waals surface area contributed by atoms with Gasteiger partial charge in [0.2, 0.25) is 5.91 Å². The maximum atomic E-state index is 11.9. The molecule has 4 N–H and O–H groups in total. The van der Waals surface area contributed by atoms with E-state index in [4.69, 9.17) is 5.73 Å². The number of nitrogens with two attached hydrogens (primary N) is 1. The molecular weight excluding hydrogens is 298 g/mol. The maximum absolute atomic E-state index is 11.9. The second-order valence-corrected chi connectivity index (χ2v) is 5.74. The average molecular weight is 316 g/mol. The second kappa shape index (κ2) is 7.52. The molecule has 0 radical (unpaired) electrons. The quantitative estimate of drug-likeness (QED) is 0.737. The molecule has 2 amide bonds. The number of benzene rings is 1. The molecule has 0 aliphatic carbocycles. The van der Waals surface area contributed by atoms with Crippen molar-refractivity contribution in [1.82, 2.24) is 5.32 Å². The molecule has 0 saturated carbocycles. The van der Waals surface area contributed by atoms with E-state index in [1.807, 2.05) is 13.0 Å². The third kappa shape index (κ3) is 3.88. The van der Waals surface area contributed by atoms with Crippen LogP contribution in [-0.2, 0) is 4.79 Å². The summed E-state index contributed by atoms with van der Waals surface area (Å²) >= 11 is 1.50. The lowest BCUT2D eigenvalue weighted by molar-refractivity contribution is -0.115. The Bertz CT molecular complexity index is 510. The van der Waals surface area contributed by atoms with Crippen LogP contribution in [0.15, 0.2) is 23.1 Å². The molecule has 0 spiro atoms. The number of anilines is 1. The third-order valence-electron chi connectivity index (χ3n) is 2.84. The van der Waals surface area contributed by atoms with Crippen LogP contribution in [0, 0.1) is 0 Å². The molecule has 110 valence electrons. The summed E-state index contributed by atoms with van der Waals surface area (Å²) in [6, 6.07) is 5.35. The van der Waals surface area contributed by atoms with E-state index >= 15 is 0 Å². The number of rotatable bonds is 4. The summed E-state index contributed by atoms with van der Waals surface area (Å²) in [6.07, 6.45) is 0.751. The minimum absolute atomic E-state index is 0. The van der Waals surface area contributed by atoms with Gasteiger partial charge in [-0.1, -0.05) is 0 Å². The highest BCUT2D eigenvalue weighted by atomic mass is 35.5. The first-order valence-electron chi connectivity index (χ1n) is 6.21. The Kier molecular flexibility index (Phi) is 6.32. The van der Waals surface area contributed by atoms with Crippen molar-refractivity contribution < 1.29 is 9.59 Å². The number of fused-ring (bicyclic) bond motifs is 1. The van der Waals surface area contributed by atoms with Crippen molar-refractivity contribution in [1.29, 1.82) is 0 Å². The van der Waals surface area contributed by atoms with Crippen molar-refractivity contribution in [2.75, 3.05) is 18.4 Å². The molecule has 1 aliphatic heterocycles. The smallest absolute Gasteiger partial charge is 0.251 e. The van der Waals surface area contributed by atoms with Crippen LogP contribution >= 0.6 is 24.2 Å². The zero-order valence-electron chi connectivity index (χ0n) is 11.1. The summed E-state index contributed by atoms with van der Waals surface area (Å²) in [5.41, 5.74) is 6.63. The summed E-state index contributed by atoms with van der Waals surface area (Å²) in [4.78, 5) is 24.5.